The van der Waals surface area contributed by atoms with Crippen molar-refractivity contribution >= 4 is 32.0 Å². The number of hydrogen-bond acceptors (Lipinski definition) is 3. The number of carbonyl (C=O) groups excluding carboxylic acids is 2. The number of hydrogen-bond donors (Lipinski definition) is 1. The summed E-state index contributed by atoms with van der Waals surface area (Å²) in [4.78, 5) is 24.9. The molecule has 1 fully saturated rings. The number of rotatable bonds is 3. The Morgan fingerprint density at radius 3 is 2.33 bits per heavy atom. The van der Waals surface area contributed by atoms with Crippen molar-refractivity contribution in [1.82, 2.24) is 0 Å². The first kappa shape index (κ1) is 21.5. The molecule has 0 saturated carbocycles. The average Bonchev–Trinajstić information content (AvgIpc) is 2.94. The zero-order chi connectivity index (χ0) is 19.0. The van der Waals surface area contributed by atoms with E-state index < -0.39 is 41.1 Å². The first-order chi connectivity index (χ1) is 12.3. The molecule has 3 rings (SSSR count). The van der Waals surface area contributed by atoms with E-state index in [0.29, 0.717) is 11.4 Å². The third-order valence-electron chi connectivity index (χ3n) is 4.18. The van der Waals surface area contributed by atoms with Crippen LogP contribution in [0.3, 0.4) is 0 Å². The van der Waals surface area contributed by atoms with Gasteiger partial charge in [-0.15, -0.1) is 15.8 Å². The Morgan fingerprint density at radius 2 is 1.74 bits per heavy atom. The molecule has 0 aliphatic carbocycles. The summed E-state index contributed by atoms with van der Waals surface area (Å²) in [6.07, 6.45) is 0. The van der Waals surface area contributed by atoms with Crippen LogP contribution in [0.15, 0.2) is 36.4 Å². The Labute approximate surface area is 169 Å². The van der Waals surface area contributed by atoms with E-state index in [2.05, 4.69) is 14.6 Å². The number of nitrogens with zero attached hydrogens (tertiary/aromatic N) is 2. The number of hydrazine groups is 1. The van der Waals surface area contributed by atoms with Gasteiger partial charge in [0.15, 0.2) is 0 Å². The quantitative estimate of drug-likeness (QED) is 0.204. The number of carbonyl (C=O) groups is 2. The Bertz CT molecular complexity index is 879. The molecule has 10 heteroatoms. The Morgan fingerprint density at radius 1 is 1.11 bits per heavy atom. The van der Waals surface area contributed by atoms with Gasteiger partial charge in [-0.2, -0.15) is 0 Å². The van der Waals surface area contributed by atoms with Crippen LogP contribution in [0.25, 0.3) is 5.32 Å². The van der Waals surface area contributed by atoms with Crippen LogP contribution in [-0.4, -0.2) is 18.4 Å². The molecule has 3 atom stereocenters. The van der Waals surface area contributed by atoms with Gasteiger partial charge in [-0.25, -0.2) is 24.0 Å². The molecule has 0 spiro atoms. The molecular weight excluding hydrogens is 550 g/mol. The molecule has 1 saturated heterocycles. The van der Waals surface area contributed by atoms with Gasteiger partial charge in [-0.1, -0.05) is 0 Å². The van der Waals surface area contributed by atoms with E-state index in [-0.39, 0.29) is 38.9 Å². The summed E-state index contributed by atoms with van der Waals surface area (Å²) in [5.41, 5.74) is 0.333. The van der Waals surface area contributed by atoms with Gasteiger partial charge in [0, 0.05) is 27.1 Å². The topological polar surface area (TPSA) is 77.5 Å². The van der Waals surface area contributed by atoms with Crippen LogP contribution >= 0.6 is 9.24 Å². The van der Waals surface area contributed by atoms with E-state index in [1.165, 1.54) is 6.07 Å². The number of amides is 2. The van der Waals surface area contributed by atoms with Crippen molar-refractivity contribution in [3.63, 3.8) is 0 Å². The predicted octanol–water partition coefficient (Wildman–Crippen LogP) is 2.12. The largest absolute Gasteiger partial charge is 0.652 e. The molecule has 27 heavy (non-hydrogen) atoms. The van der Waals surface area contributed by atoms with E-state index in [1.54, 1.807) is 0 Å². The normalized spacial score (nSPS) is 18.6. The van der Waals surface area contributed by atoms with Gasteiger partial charge < -0.3 is 10.1 Å². The Balaban J connectivity index is 0.00000261. The third-order valence-corrected chi connectivity index (χ3v) is 4.64. The second kappa shape index (κ2) is 8.51. The monoisotopic (exact) mass is 564 g/mol. The zero-order valence-corrected chi connectivity index (χ0v) is 17.8. The van der Waals surface area contributed by atoms with Gasteiger partial charge in [0.1, 0.15) is 17.5 Å². The van der Waals surface area contributed by atoms with Crippen molar-refractivity contribution in [2.75, 3.05) is 11.6 Å². The van der Waals surface area contributed by atoms with Crippen LogP contribution in [0.4, 0.5) is 18.9 Å². The van der Waals surface area contributed by atoms with Gasteiger partial charge >= 0.3 is 0 Å². The van der Waals surface area contributed by atoms with Crippen molar-refractivity contribution < 1.29 is 43.8 Å². The number of nitrogens with two attached hydrogens (primary N) is 1. The van der Waals surface area contributed by atoms with E-state index in [0.717, 1.165) is 29.3 Å². The fourth-order valence-corrected chi connectivity index (χ4v) is 3.34. The second-order valence-electron chi connectivity index (χ2n) is 5.88. The molecule has 1 aliphatic rings. The molecule has 5 nitrogen and oxygen atoms in total. The van der Waals surface area contributed by atoms with Crippen LogP contribution in [0, 0.1) is 23.4 Å². The van der Waals surface area contributed by atoms with E-state index in [1.807, 2.05) is 0 Å². The van der Waals surface area contributed by atoms with Crippen LogP contribution < -0.4 is 16.2 Å². The SMILES string of the molecule is NN(C(=O)C1C(=O)[N-]CC1c1cc(F)cc(F)c1)c1ccc(F)cc1P.[W]. The average molecular weight is 564 g/mol. The minimum Gasteiger partial charge on any atom is -0.652 e. The van der Waals surface area contributed by atoms with Crippen LogP contribution in [0.2, 0.25) is 0 Å². The van der Waals surface area contributed by atoms with Crippen LogP contribution in [-0.2, 0) is 30.7 Å². The van der Waals surface area contributed by atoms with Crippen LogP contribution in [0.5, 0.6) is 0 Å². The smallest absolute Gasteiger partial charge is 0.250 e. The van der Waals surface area contributed by atoms with Gasteiger partial charge in [0.2, 0.25) is 0 Å². The molecule has 2 aromatic carbocycles. The number of anilines is 1. The first-order valence-corrected chi connectivity index (χ1v) is 8.16. The predicted molar refractivity (Wildman–Crippen MR) is 93.2 cm³/mol. The maximum absolute atomic E-state index is 13.5. The van der Waals surface area contributed by atoms with E-state index >= 15 is 0 Å². The number of benzene rings is 2. The molecule has 0 radical (unpaired) electrons. The fourth-order valence-electron chi connectivity index (χ4n) is 2.94. The number of halogens is 3. The summed E-state index contributed by atoms with van der Waals surface area (Å²) in [6, 6.07) is 6.39. The summed E-state index contributed by atoms with van der Waals surface area (Å²) >= 11 is 0. The molecule has 0 bridgehead atoms. The summed E-state index contributed by atoms with van der Waals surface area (Å²) in [5.74, 6) is 0.0372. The molecule has 2 aromatic rings. The summed E-state index contributed by atoms with van der Waals surface area (Å²) in [6.45, 7) is -0.0802. The molecule has 0 aromatic heterocycles. The maximum Gasteiger partial charge on any atom is 0.250 e. The van der Waals surface area contributed by atoms with Gasteiger partial charge in [-0.05, 0) is 47.1 Å². The standard InChI is InChI=1S/C17H15F3N3O2P.W/c18-9-1-2-13(14(26)6-9)23(21)17(25)15-12(7-22-16(15)24)8-3-10(19)5-11(20)4-8;/h1-6,12,15H,7,21,26H2,(H,22,24);/p-1. The minimum atomic E-state index is -1.31. The maximum atomic E-state index is 13.5. The van der Waals surface area contributed by atoms with E-state index in [4.69, 9.17) is 5.84 Å². The van der Waals surface area contributed by atoms with Crippen molar-refractivity contribution in [3.05, 3.63) is 64.7 Å². The molecule has 142 valence electrons. The Kier molecular flexibility index (Phi) is 6.79. The third kappa shape index (κ3) is 4.40. The zero-order valence-electron chi connectivity index (χ0n) is 13.7. The van der Waals surface area contributed by atoms with E-state index in [9.17, 15) is 22.8 Å². The van der Waals surface area contributed by atoms with Gasteiger partial charge in [0.25, 0.3) is 5.91 Å². The molecule has 3 unspecified atom stereocenters. The molecule has 2 amide bonds. The van der Waals surface area contributed by atoms with Crippen molar-refractivity contribution in [2.45, 2.75) is 5.92 Å². The molecule has 1 aliphatic heterocycles. The van der Waals surface area contributed by atoms with Gasteiger partial charge in [0.05, 0.1) is 17.5 Å². The fraction of sp³-hybridized carbons (Fsp3) is 0.176. The minimum absolute atomic E-state index is 0. The van der Waals surface area contributed by atoms with Crippen molar-refractivity contribution in [1.29, 1.82) is 0 Å². The summed E-state index contributed by atoms with van der Waals surface area (Å²) < 4.78 is 40.3. The van der Waals surface area contributed by atoms with Crippen molar-refractivity contribution in [2.24, 2.45) is 11.8 Å². The van der Waals surface area contributed by atoms with Crippen molar-refractivity contribution in [3.8, 4) is 0 Å². The summed E-state index contributed by atoms with van der Waals surface area (Å²) in [7, 11) is 2.24. The van der Waals surface area contributed by atoms with Gasteiger partial charge in [-0.3, -0.25) is 4.79 Å². The second-order valence-corrected chi connectivity index (χ2v) is 6.50. The van der Waals surface area contributed by atoms with Crippen LogP contribution in [0.1, 0.15) is 11.5 Å². The molecule has 1 heterocycles. The molecular formula is C17H14F3N3O2PW-. The first-order valence-electron chi connectivity index (χ1n) is 7.59. The Hall–Kier alpha value is -1.75. The molecule has 2 N–H and O–H groups in total. The summed E-state index contributed by atoms with van der Waals surface area (Å²) in [5, 5.41) is 4.76.